The fraction of sp³-hybridized carbons (Fsp3) is 0.684. The van der Waals surface area contributed by atoms with Gasteiger partial charge in [0.15, 0.2) is 0 Å². The molecular weight excluding hydrogens is 258 g/mol. The highest BCUT2D eigenvalue weighted by molar-refractivity contribution is 5.27. The standard InChI is InChI=1S/C19H29NO/c1-3-20-18(19(21-2)12-8-5-9-13-19)17-14-16(17)15-10-6-4-7-11-15/h4,6-7,10-11,16-18,20H,3,5,8-9,12-14H2,1-2H3. The van der Waals surface area contributed by atoms with Crippen molar-refractivity contribution >= 4 is 0 Å². The first-order valence-electron chi connectivity index (χ1n) is 8.64. The lowest BCUT2D eigenvalue weighted by molar-refractivity contribution is -0.0728. The molecule has 1 aromatic rings. The average Bonchev–Trinajstić information content (AvgIpc) is 3.34. The van der Waals surface area contributed by atoms with E-state index in [0.29, 0.717) is 6.04 Å². The lowest BCUT2D eigenvalue weighted by Crippen LogP contribution is -2.54. The molecule has 2 saturated carbocycles. The van der Waals surface area contributed by atoms with E-state index < -0.39 is 0 Å². The van der Waals surface area contributed by atoms with Gasteiger partial charge in [0, 0.05) is 13.2 Å². The van der Waals surface area contributed by atoms with Crippen LogP contribution in [0, 0.1) is 5.92 Å². The Hall–Kier alpha value is -0.860. The molecule has 3 rings (SSSR count). The Kier molecular flexibility index (Phi) is 4.66. The molecular formula is C19H29NO. The van der Waals surface area contributed by atoms with Crippen molar-refractivity contribution in [1.29, 1.82) is 0 Å². The van der Waals surface area contributed by atoms with E-state index in [1.807, 2.05) is 7.11 Å². The summed E-state index contributed by atoms with van der Waals surface area (Å²) in [7, 11) is 1.93. The number of ether oxygens (including phenoxy) is 1. The molecule has 0 saturated heterocycles. The number of methoxy groups -OCH3 is 1. The highest BCUT2D eigenvalue weighted by atomic mass is 16.5. The molecule has 116 valence electrons. The molecule has 0 heterocycles. The molecule has 2 aliphatic carbocycles. The normalized spacial score (nSPS) is 29.0. The zero-order valence-corrected chi connectivity index (χ0v) is 13.5. The lowest BCUT2D eigenvalue weighted by atomic mass is 9.76. The van der Waals surface area contributed by atoms with E-state index >= 15 is 0 Å². The second-order valence-corrected chi connectivity index (χ2v) is 6.78. The summed E-state index contributed by atoms with van der Waals surface area (Å²) in [4.78, 5) is 0. The van der Waals surface area contributed by atoms with Gasteiger partial charge in [-0.25, -0.2) is 0 Å². The summed E-state index contributed by atoms with van der Waals surface area (Å²) in [6.07, 6.45) is 7.76. The quantitative estimate of drug-likeness (QED) is 0.850. The van der Waals surface area contributed by atoms with E-state index in [1.165, 1.54) is 44.1 Å². The number of rotatable bonds is 6. The first-order valence-corrected chi connectivity index (χ1v) is 8.64. The molecule has 1 aromatic carbocycles. The van der Waals surface area contributed by atoms with Crippen molar-refractivity contribution < 1.29 is 4.74 Å². The maximum absolute atomic E-state index is 6.12. The maximum Gasteiger partial charge on any atom is 0.0833 e. The Balaban J connectivity index is 1.76. The van der Waals surface area contributed by atoms with Gasteiger partial charge in [0.05, 0.1) is 5.60 Å². The highest BCUT2D eigenvalue weighted by Crippen LogP contribution is 2.53. The van der Waals surface area contributed by atoms with Crippen LogP contribution in [0.4, 0.5) is 0 Å². The fourth-order valence-electron chi connectivity index (χ4n) is 4.41. The van der Waals surface area contributed by atoms with Gasteiger partial charge in [0.1, 0.15) is 0 Å². The molecule has 2 fully saturated rings. The Morgan fingerprint density at radius 2 is 1.90 bits per heavy atom. The lowest BCUT2D eigenvalue weighted by Gasteiger charge is -2.43. The van der Waals surface area contributed by atoms with Gasteiger partial charge in [-0.3, -0.25) is 0 Å². The van der Waals surface area contributed by atoms with Crippen LogP contribution in [-0.4, -0.2) is 25.3 Å². The van der Waals surface area contributed by atoms with Crippen LogP contribution in [0.3, 0.4) is 0 Å². The minimum atomic E-state index is 0.0719. The van der Waals surface area contributed by atoms with Crippen LogP contribution in [-0.2, 0) is 4.74 Å². The van der Waals surface area contributed by atoms with Gasteiger partial charge in [0.25, 0.3) is 0 Å². The topological polar surface area (TPSA) is 21.3 Å². The summed E-state index contributed by atoms with van der Waals surface area (Å²) in [6.45, 7) is 3.26. The van der Waals surface area contributed by atoms with Gasteiger partial charge in [-0.05, 0) is 43.2 Å². The maximum atomic E-state index is 6.12. The van der Waals surface area contributed by atoms with Crippen LogP contribution < -0.4 is 5.32 Å². The molecule has 2 aliphatic rings. The van der Waals surface area contributed by atoms with Crippen LogP contribution >= 0.6 is 0 Å². The van der Waals surface area contributed by atoms with E-state index in [9.17, 15) is 0 Å². The molecule has 0 aromatic heterocycles. The molecule has 21 heavy (non-hydrogen) atoms. The van der Waals surface area contributed by atoms with Gasteiger partial charge in [-0.2, -0.15) is 0 Å². The third kappa shape index (κ3) is 3.02. The Bertz CT molecular complexity index is 438. The Morgan fingerprint density at radius 1 is 1.19 bits per heavy atom. The smallest absolute Gasteiger partial charge is 0.0833 e. The molecule has 3 atom stereocenters. The number of hydrogen-bond donors (Lipinski definition) is 1. The molecule has 0 aliphatic heterocycles. The molecule has 2 heteroatoms. The monoisotopic (exact) mass is 287 g/mol. The van der Waals surface area contributed by atoms with E-state index in [2.05, 4.69) is 42.6 Å². The van der Waals surface area contributed by atoms with Crippen LogP contribution in [0.15, 0.2) is 30.3 Å². The van der Waals surface area contributed by atoms with Crippen LogP contribution in [0.25, 0.3) is 0 Å². The molecule has 0 radical (unpaired) electrons. The molecule has 0 amide bonds. The highest BCUT2D eigenvalue weighted by Gasteiger charge is 2.52. The zero-order valence-electron chi connectivity index (χ0n) is 13.5. The van der Waals surface area contributed by atoms with Crippen LogP contribution in [0.2, 0.25) is 0 Å². The zero-order chi connectivity index (χ0) is 14.7. The van der Waals surface area contributed by atoms with E-state index in [1.54, 1.807) is 0 Å². The summed E-state index contributed by atoms with van der Waals surface area (Å²) in [6, 6.07) is 11.5. The second kappa shape index (κ2) is 6.50. The summed E-state index contributed by atoms with van der Waals surface area (Å²) < 4.78 is 6.12. The predicted octanol–water partition coefficient (Wildman–Crippen LogP) is 4.12. The summed E-state index contributed by atoms with van der Waals surface area (Å²) >= 11 is 0. The number of hydrogen-bond acceptors (Lipinski definition) is 2. The van der Waals surface area contributed by atoms with Crippen molar-refractivity contribution in [3.8, 4) is 0 Å². The van der Waals surface area contributed by atoms with Gasteiger partial charge >= 0.3 is 0 Å². The third-order valence-electron chi connectivity index (χ3n) is 5.59. The second-order valence-electron chi connectivity index (χ2n) is 6.78. The van der Waals surface area contributed by atoms with Crippen LogP contribution in [0.5, 0.6) is 0 Å². The molecule has 0 bridgehead atoms. The fourth-order valence-corrected chi connectivity index (χ4v) is 4.41. The van der Waals surface area contributed by atoms with E-state index in [-0.39, 0.29) is 5.60 Å². The number of likely N-dealkylation sites (N-methyl/N-ethyl adjacent to an activating group) is 1. The van der Waals surface area contributed by atoms with Crippen molar-refractivity contribution in [1.82, 2.24) is 5.32 Å². The first-order chi connectivity index (χ1) is 10.3. The van der Waals surface area contributed by atoms with Gasteiger partial charge < -0.3 is 10.1 Å². The van der Waals surface area contributed by atoms with E-state index in [0.717, 1.165) is 18.4 Å². The van der Waals surface area contributed by atoms with Gasteiger partial charge in [-0.1, -0.05) is 56.5 Å². The minimum Gasteiger partial charge on any atom is -0.377 e. The van der Waals surface area contributed by atoms with Crippen LogP contribution in [0.1, 0.15) is 56.9 Å². The average molecular weight is 287 g/mol. The van der Waals surface area contributed by atoms with E-state index in [4.69, 9.17) is 4.74 Å². The third-order valence-corrected chi connectivity index (χ3v) is 5.59. The van der Waals surface area contributed by atoms with Crippen molar-refractivity contribution in [2.75, 3.05) is 13.7 Å². The molecule has 1 N–H and O–H groups in total. The van der Waals surface area contributed by atoms with Crippen molar-refractivity contribution in [3.63, 3.8) is 0 Å². The predicted molar refractivity (Wildman–Crippen MR) is 87.6 cm³/mol. The summed E-state index contributed by atoms with van der Waals surface area (Å²) in [5.74, 6) is 1.47. The van der Waals surface area contributed by atoms with Crippen molar-refractivity contribution in [2.45, 2.75) is 63.0 Å². The summed E-state index contributed by atoms with van der Waals surface area (Å²) in [5, 5.41) is 3.78. The SMILES string of the molecule is CCNC(C1CC1c1ccccc1)C1(OC)CCCCC1. The summed E-state index contributed by atoms with van der Waals surface area (Å²) in [5.41, 5.74) is 1.58. The van der Waals surface area contributed by atoms with Gasteiger partial charge in [0.2, 0.25) is 0 Å². The van der Waals surface area contributed by atoms with Crippen molar-refractivity contribution in [2.24, 2.45) is 5.92 Å². The number of nitrogens with one attached hydrogen (secondary N) is 1. The first kappa shape index (κ1) is 15.1. The molecule has 0 spiro atoms. The Morgan fingerprint density at radius 3 is 2.52 bits per heavy atom. The van der Waals surface area contributed by atoms with Gasteiger partial charge in [-0.15, -0.1) is 0 Å². The van der Waals surface area contributed by atoms with Crippen molar-refractivity contribution in [3.05, 3.63) is 35.9 Å². The molecule has 2 nitrogen and oxygen atoms in total. The Labute approximate surface area is 129 Å². The number of benzene rings is 1. The minimum absolute atomic E-state index is 0.0719. The largest absolute Gasteiger partial charge is 0.377 e. The molecule has 3 unspecified atom stereocenters.